The summed E-state index contributed by atoms with van der Waals surface area (Å²) < 4.78 is 19.2. The van der Waals surface area contributed by atoms with Gasteiger partial charge in [-0.1, -0.05) is 0 Å². The van der Waals surface area contributed by atoms with E-state index in [-0.39, 0.29) is 17.4 Å². The molecule has 2 fully saturated rings. The van der Waals surface area contributed by atoms with Crippen LogP contribution in [0.5, 0.6) is 5.75 Å². The Hall–Kier alpha value is -2.13. The number of hydrogen-bond acceptors (Lipinski definition) is 4. The zero-order valence-corrected chi connectivity index (χ0v) is 13.6. The molecule has 0 saturated carbocycles. The fraction of sp³-hybridized carbons (Fsp3) is 0.556. The van der Waals surface area contributed by atoms with Crippen molar-refractivity contribution in [2.24, 2.45) is 5.92 Å². The third-order valence-corrected chi connectivity index (χ3v) is 4.92. The van der Waals surface area contributed by atoms with Gasteiger partial charge in [-0.15, -0.1) is 0 Å². The van der Waals surface area contributed by atoms with Crippen LogP contribution in [-0.2, 0) is 0 Å². The molecule has 1 N–H and O–H groups in total. The molecule has 6 heteroatoms. The molecule has 0 aliphatic carbocycles. The highest BCUT2D eigenvalue weighted by atomic mass is 19.1. The Morgan fingerprint density at radius 3 is 2.92 bits per heavy atom. The lowest BCUT2D eigenvalue weighted by molar-refractivity contribution is 0.0792. The van der Waals surface area contributed by atoms with E-state index >= 15 is 0 Å². The van der Waals surface area contributed by atoms with Gasteiger partial charge in [0.25, 0.3) is 0 Å². The van der Waals surface area contributed by atoms with Crippen LogP contribution in [0.3, 0.4) is 0 Å². The number of nitriles is 1. The molecule has 0 radical (unpaired) electrons. The highest BCUT2D eigenvalue weighted by molar-refractivity contribution is 5.71. The monoisotopic (exact) mass is 331 g/mol. The highest BCUT2D eigenvalue weighted by Crippen LogP contribution is 2.29. The van der Waals surface area contributed by atoms with Crippen molar-refractivity contribution in [2.75, 3.05) is 19.6 Å². The van der Waals surface area contributed by atoms with Crippen molar-refractivity contribution < 1.29 is 13.9 Å². The standard InChI is InChI=1S/C18H22FN3O2/c19-15-10-13(11-20)6-7-17(15)24-18(23)22-9-2-1-5-16(22)14-4-3-8-21-12-14/h6-7,10,14,16,21H,1-5,8-9,12H2. The normalized spacial score (nSPS) is 24.2. The lowest BCUT2D eigenvalue weighted by atomic mass is 9.85. The van der Waals surface area contributed by atoms with Crippen molar-refractivity contribution >= 4 is 6.09 Å². The van der Waals surface area contributed by atoms with Crippen LogP contribution in [-0.4, -0.2) is 36.7 Å². The van der Waals surface area contributed by atoms with Gasteiger partial charge in [0, 0.05) is 12.6 Å². The van der Waals surface area contributed by atoms with Crippen LogP contribution < -0.4 is 10.1 Å². The molecule has 2 aliphatic heterocycles. The van der Waals surface area contributed by atoms with Crippen molar-refractivity contribution in [3.63, 3.8) is 0 Å². The average molecular weight is 331 g/mol. The molecule has 2 atom stereocenters. The number of nitrogens with zero attached hydrogens (tertiary/aromatic N) is 2. The van der Waals surface area contributed by atoms with Crippen molar-refractivity contribution in [3.8, 4) is 11.8 Å². The molecule has 2 aliphatic rings. The number of likely N-dealkylation sites (tertiary alicyclic amines) is 1. The second-order valence-electron chi connectivity index (χ2n) is 6.49. The molecule has 2 heterocycles. The topological polar surface area (TPSA) is 65.4 Å². The molecule has 0 spiro atoms. The largest absolute Gasteiger partial charge is 0.415 e. The van der Waals surface area contributed by atoms with E-state index < -0.39 is 11.9 Å². The third kappa shape index (κ3) is 3.68. The summed E-state index contributed by atoms with van der Waals surface area (Å²) in [5.74, 6) is -0.377. The Bertz CT molecular complexity index is 638. The molecule has 2 saturated heterocycles. The molecule has 0 aromatic heterocycles. The average Bonchev–Trinajstić information content (AvgIpc) is 2.64. The Kier molecular flexibility index (Phi) is 5.31. The van der Waals surface area contributed by atoms with E-state index in [0.29, 0.717) is 12.5 Å². The molecule has 128 valence electrons. The Labute approximate surface area is 141 Å². The summed E-state index contributed by atoms with van der Waals surface area (Å²) >= 11 is 0. The minimum Gasteiger partial charge on any atom is -0.407 e. The van der Waals surface area contributed by atoms with Crippen LogP contribution in [0.1, 0.15) is 37.7 Å². The summed E-state index contributed by atoms with van der Waals surface area (Å²) in [6.45, 7) is 2.60. The van der Waals surface area contributed by atoms with E-state index in [2.05, 4.69) is 5.32 Å². The zero-order chi connectivity index (χ0) is 16.9. The molecule has 0 bridgehead atoms. The van der Waals surface area contributed by atoms with Gasteiger partial charge in [0.2, 0.25) is 0 Å². The summed E-state index contributed by atoms with van der Waals surface area (Å²) in [6.07, 6.45) is 4.75. The quantitative estimate of drug-likeness (QED) is 0.904. The van der Waals surface area contributed by atoms with Crippen LogP contribution >= 0.6 is 0 Å². The SMILES string of the molecule is N#Cc1ccc(OC(=O)N2CCCCC2C2CCCNC2)c(F)c1. The number of amides is 1. The number of carbonyl (C=O) groups is 1. The molecule has 2 unspecified atom stereocenters. The zero-order valence-electron chi connectivity index (χ0n) is 13.6. The minimum atomic E-state index is -0.685. The number of hydrogen-bond donors (Lipinski definition) is 1. The van der Waals surface area contributed by atoms with Crippen molar-refractivity contribution in [3.05, 3.63) is 29.6 Å². The van der Waals surface area contributed by atoms with Gasteiger partial charge in [0.15, 0.2) is 11.6 Å². The first-order valence-electron chi connectivity index (χ1n) is 8.58. The van der Waals surface area contributed by atoms with E-state index in [1.165, 1.54) is 12.1 Å². The Morgan fingerprint density at radius 2 is 2.21 bits per heavy atom. The molecule has 1 amide bonds. The number of piperidine rings is 2. The van der Waals surface area contributed by atoms with Gasteiger partial charge in [0.1, 0.15) is 0 Å². The summed E-state index contributed by atoms with van der Waals surface area (Å²) in [6, 6.07) is 5.89. The maximum atomic E-state index is 14.0. The first-order valence-corrected chi connectivity index (χ1v) is 8.58. The lowest BCUT2D eigenvalue weighted by Crippen LogP contribution is -2.52. The highest BCUT2D eigenvalue weighted by Gasteiger charge is 2.34. The van der Waals surface area contributed by atoms with Crippen molar-refractivity contribution in [1.29, 1.82) is 5.26 Å². The smallest absolute Gasteiger partial charge is 0.407 e. The summed E-state index contributed by atoms with van der Waals surface area (Å²) in [5, 5.41) is 12.2. The van der Waals surface area contributed by atoms with Gasteiger partial charge in [-0.2, -0.15) is 5.26 Å². The minimum absolute atomic E-state index is 0.120. The van der Waals surface area contributed by atoms with Gasteiger partial charge in [-0.05, 0) is 69.3 Å². The predicted molar refractivity (Wildman–Crippen MR) is 87.1 cm³/mol. The molecule has 5 nitrogen and oxygen atoms in total. The molecule has 24 heavy (non-hydrogen) atoms. The van der Waals surface area contributed by atoms with E-state index in [1.54, 1.807) is 4.90 Å². The fourth-order valence-electron chi connectivity index (χ4n) is 3.69. The van der Waals surface area contributed by atoms with E-state index in [1.807, 2.05) is 6.07 Å². The van der Waals surface area contributed by atoms with Crippen LogP contribution in [0.15, 0.2) is 18.2 Å². The molecular weight excluding hydrogens is 309 g/mol. The van der Waals surface area contributed by atoms with Crippen molar-refractivity contribution in [2.45, 2.75) is 38.1 Å². The molecular formula is C18H22FN3O2. The second-order valence-corrected chi connectivity index (χ2v) is 6.49. The summed E-state index contributed by atoms with van der Waals surface area (Å²) in [7, 11) is 0. The van der Waals surface area contributed by atoms with Crippen LogP contribution in [0.25, 0.3) is 0 Å². The molecule has 1 aromatic rings. The van der Waals surface area contributed by atoms with Gasteiger partial charge in [-0.25, -0.2) is 9.18 Å². The third-order valence-electron chi connectivity index (χ3n) is 4.92. The van der Waals surface area contributed by atoms with Crippen LogP contribution in [0, 0.1) is 23.1 Å². The number of nitrogens with one attached hydrogen (secondary N) is 1. The predicted octanol–water partition coefficient (Wildman–Crippen LogP) is 3.05. The molecule has 1 aromatic carbocycles. The summed E-state index contributed by atoms with van der Waals surface area (Å²) in [5.41, 5.74) is 0.205. The summed E-state index contributed by atoms with van der Waals surface area (Å²) in [4.78, 5) is 14.3. The number of benzene rings is 1. The van der Waals surface area contributed by atoms with Gasteiger partial charge in [-0.3, -0.25) is 0 Å². The van der Waals surface area contributed by atoms with Gasteiger partial charge in [0.05, 0.1) is 11.6 Å². The van der Waals surface area contributed by atoms with Gasteiger partial charge < -0.3 is 15.0 Å². The lowest BCUT2D eigenvalue weighted by Gasteiger charge is -2.41. The molecule has 3 rings (SSSR count). The van der Waals surface area contributed by atoms with Crippen molar-refractivity contribution in [1.82, 2.24) is 10.2 Å². The van der Waals surface area contributed by atoms with Crippen LogP contribution in [0.4, 0.5) is 9.18 Å². The fourth-order valence-corrected chi connectivity index (χ4v) is 3.69. The van der Waals surface area contributed by atoms with Gasteiger partial charge >= 0.3 is 6.09 Å². The first-order chi connectivity index (χ1) is 11.7. The number of ether oxygens (including phenoxy) is 1. The number of halogens is 1. The second kappa shape index (κ2) is 7.63. The number of carbonyl (C=O) groups excluding carboxylic acids is 1. The maximum absolute atomic E-state index is 14.0. The maximum Gasteiger partial charge on any atom is 0.415 e. The van der Waals surface area contributed by atoms with Crippen LogP contribution in [0.2, 0.25) is 0 Å². The van der Waals surface area contributed by atoms with E-state index in [0.717, 1.165) is 51.3 Å². The Balaban J connectivity index is 1.71. The number of rotatable bonds is 2. The van der Waals surface area contributed by atoms with E-state index in [4.69, 9.17) is 10.00 Å². The first kappa shape index (κ1) is 16.7. The Morgan fingerprint density at radius 1 is 1.33 bits per heavy atom. The van der Waals surface area contributed by atoms with E-state index in [9.17, 15) is 9.18 Å².